The van der Waals surface area contributed by atoms with E-state index in [1.807, 2.05) is 31.3 Å². The van der Waals surface area contributed by atoms with Crippen molar-refractivity contribution in [2.75, 3.05) is 33.8 Å². The summed E-state index contributed by atoms with van der Waals surface area (Å²) >= 11 is 0. The highest BCUT2D eigenvalue weighted by Gasteiger charge is 2.19. The molecule has 1 aromatic carbocycles. The van der Waals surface area contributed by atoms with Crippen LogP contribution in [0.4, 0.5) is 0 Å². The molecule has 1 fully saturated rings. The minimum atomic E-state index is -0.274. The van der Waals surface area contributed by atoms with E-state index in [0.717, 1.165) is 25.6 Å². The molecule has 0 aliphatic carbocycles. The molecule has 1 aromatic rings. The summed E-state index contributed by atoms with van der Waals surface area (Å²) in [6.07, 6.45) is 2.59. The van der Waals surface area contributed by atoms with Crippen molar-refractivity contribution in [2.45, 2.75) is 19.4 Å². The van der Waals surface area contributed by atoms with Crippen molar-refractivity contribution >= 4 is 5.97 Å². The number of nitrogens with one attached hydrogen (secondary N) is 1. The van der Waals surface area contributed by atoms with Gasteiger partial charge in [-0.3, -0.25) is 4.90 Å². The summed E-state index contributed by atoms with van der Waals surface area (Å²) in [5.74, 6) is 0.478. The molecule has 1 unspecified atom stereocenters. The molecule has 110 valence electrons. The number of likely N-dealkylation sites (tertiary alicyclic amines) is 1. The number of nitrogens with zero attached hydrogens (tertiary/aromatic N) is 1. The topological polar surface area (TPSA) is 41.6 Å². The highest BCUT2D eigenvalue weighted by atomic mass is 16.5. The van der Waals surface area contributed by atoms with Crippen molar-refractivity contribution in [2.24, 2.45) is 5.92 Å². The summed E-state index contributed by atoms with van der Waals surface area (Å²) in [5, 5.41) is 3.27. The SMILES string of the molecule is CNCC1CCCN(Cc2ccc(C(=O)OC)cc2)C1. The minimum Gasteiger partial charge on any atom is -0.465 e. The van der Waals surface area contributed by atoms with Gasteiger partial charge < -0.3 is 10.1 Å². The van der Waals surface area contributed by atoms with E-state index in [1.54, 1.807) is 0 Å². The largest absolute Gasteiger partial charge is 0.465 e. The average molecular weight is 276 g/mol. The Kier molecular flexibility index (Phi) is 5.56. The van der Waals surface area contributed by atoms with Crippen LogP contribution in [0.2, 0.25) is 0 Å². The summed E-state index contributed by atoms with van der Waals surface area (Å²) in [6, 6.07) is 7.73. The number of hydrogen-bond acceptors (Lipinski definition) is 4. The van der Waals surface area contributed by atoms with Crippen LogP contribution < -0.4 is 5.32 Å². The molecule has 1 aliphatic heterocycles. The van der Waals surface area contributed by atoms with E-state index in [2.05, 4.69) is 10.2 Å². The van der Waals surface area contributed by atoms with Crippen LogP contribution in [-0.2, 0) is 11.3 Å². The van der Waals surface area contributed by atoms with E-state index in [-0.39, 0.29) is 5.97 Å². The third-order valence-corrected chi connectivity index (χ3v) is 3.88. The van der Waals surface area contributed by atoms with Crippen molar-refractivity contribution in [1.29, 1.82) is 0 Å². The average Bonchev–Trinajstić information content (AvgIpc) is 2.48. The number of benzene rings is 1. The zero-order valence-corrected chi connectivity index (χ0v) is 12.4. The maximum Gasteiger partial charge on any atom is 0.337 e. The van der Waals surface area contributed by atoms with Gasteiger partial charge in [0.25, 0.3) is 0 Å². The lowest BCUT2D eigenvalue weighted by Gasteiger charge is -2.32. The summed E-state index contributed by atoms with van der Waals surface area (Å²) in [5.41, 5.74) is 1.87. The fraction of sp³-hybridized carbons (Fsp3) is 0.562. The number of piperidine rings is 1. The molecule has 1 N–H and O–H groups in total. The van der Waals surface area contributed by atoms with E-state index >= 15 is 0 Å². The standard InChI is InChI=1S/C16H24N2O2/c1-17-10-14-4-3-9-18(12-14)11-13-5-7-15(8-6-13)16(19)20-2/h5-8,14,17H,3-4,9-12H2,1-2H3. The highest BCUT2D eigenvalue weighted by molar-refractivity contribution is 5.89. The maximum absolute atomic E-state index is 11.4. The van der Waals surface area contributed by atoms with Crippen LogP contribution in [0.5, 0.6) is 0 Å². The number of carbonyl (C=O) groups is 1. The first-order valence-corrected chi connectivity index (χ1v) is 7.27. The van der Waals surface area contributed by atoms with Crippen LogP contribution in [0.1, 0.15) is 28.8 Å². The van der Waals surface area contributed by atoms with Gasteiger partial charge in [0.15, 0.2) is 0 Å². The smallest absolute Gasteiger partial charge is 0.337 e. The zero-order valence-electron chi connectivity index (χ0n) is 12.4. The van der Waals surface area contributed by atoms with Gasteiger partial charge in [-0.15, -0.1) is 0 Å². The number of methoxy groups -OCH3 is 1. The lowest BCUT2D eigenvalue weighted by Crippen LogP contribution is -2.38. The predicted octanol–water partition coefficient (Wildman–Crippen LogP) is 1.90. The molecule has 0 amide bonds. The molecule has 0 saturated carbocycles. The first-order valence-electron chi connectivity index (χ1n) is 7.27. The van der Waals surface area contributed by atoms with E-state index in [0.29, 0.717) is 5.56 Å². The lowest BCUT2D eigenvalue weighted by atomic mass is 9.97. The summed E-state index contributed by atoms with van der Waals surface area (Å²) in [6.45, 7) is 4.37. The molecule has 0 bridgehead atoms. The molecule has 2 rings (SSSR count). The first kappa shape index (κ1) is 15.0. The van der Waals surface area contributed by atoms with Crippen molar-refractivity contribution in [3.05, 3.63) is 35.4 Å². The second kappa shape index (κ2) is 7.41. The van der Waals surface area contributed by atoms with Gasteiger partial charge in [0.05, 0.1) is 12.7 Å². The molecule has 1 aliphatic rings. The van der Waals surface area contributed by atoms with E-state index in [4.69, 9.17) is 4.74 Å². The Morgan fingerprint density at radius 3 is 2.80 bits per heavy atom. The molecule has 1 atom stereocenters. The van der Waals surface area contributed by atoms with Crippen LogP contribution in [0, 0.1) is 5.92 Å². The lowest BCUT2D eigenvalue weighted by molar-refractivity contribution is 0.0600. The summed E-state index contributed by atoms with van der Waals surface area (Å²) in [4.78, 5) is 13.9. The van der Waals surface area contributed by atoms with Crippen molar-refractivity contribution < 1.29 is 9.53 Å². The molecule has 0 spiro atoms. The third kappa shape index (κ3) is 4.05. The highest BCUT2D eigenvalue weighted by Crippen LogP contribution is 2.18. The van der Waals surface area contributed by atoms with Crippen LogP contribution in [0.15, 0.2) is 24.3 Å². The third-order valence-electron chi connectivity index (χ3n) is 3.88. The number of ether oxygens (including phenoxy) is 1. The monoisotopic (exact) mass is 276 g/mol. The Hall–Kier alpha value is -1.39. The van der Waals surface area contributed by atoms with Crippen LogP contribution >= 0.6 is 0 Å². The maximum atomic E-state index is 11.4. The molecular formula is C16H24N2O2. The zero-order chi connectivity index (χ0) is 14.4. The Bertz CT molecular complexity index is 429. The second-order valence-electron chi connectivity index (χ2n) is 5.49. The first-order chi connectivity index (χ1) is 9.72. The van der Waals surface area contributed by atoms with Crippen LogP contribution in [0.3, 0.4) is 0 Å². The number of carbonyl (C=O) groups excluding carboxylic acids is 1. The molecule has 1 saturated heterocycles. The van der Waals surface area contributed by atoms with Gasteiger partial charge in [0.2, 0.25) is 0 Å². The molecule has 4 heteroatoms. The Balaban J connectivity index is 1.91. The Morgan fingerprint density at radius 2 is 2.15 bits per heavy atom. The van der Waals surface area contributed by atoms with E-state index < -0.39 is 0 Å². The van der Waals surface area contributed by atoms with Gasteiger partial charge in [0, 0.05) is 13.1 Å². The van der Waals surface area contributed by atoms with Crippen molar-refractivity contribution in [3.63, 3.8) is 0 Å². The van der Waals surface area contributed by atoms with Crippen LogP contribution in [0.25, 0.3) is 0 Å². The summed E-state index contributed by atoms with van der Waals surface area (Å²) < 4.78 is 4.71. The fourth-order valence-electron chi connectivity index (χ4n) is 2.87. The van der Waals surface area contributed by atoms with Crippen molar-refractivity contribution in [3.8, 4) is 0 Å². The molecule has 4 nitrogen and oxygen atoms in total. The van der Waals surface area contributed by atoms with Crippen LogP contribution in [-0.4, -0.2) is 44.7 Å². The molecule has 20 heavy (non-hydrogen) atoms. The van der Waals surface area contributed by atoms with Gasteiger partial charge in [-0.2, -0.15) is 0 Å². The molecule has 0 radical (unpaired) electrons. The molecule has 0 aromatic heterocycles. The van der Waals surface area contributed by atoms with E-state index in [1.165, 1.54) is 32.1 Å². The van der Waals surface area contributed by atoms with E-state index in [9.17, 15) is 4.79 Å². The molecular weight excluding hydrogens is 252 g/mol. The molecule has 1 heterocycles. The predicted molar refractivity (Wildman–Crippen MR) is 79.7 cm³/mol. The van der Waals surface area contributed by atoms with Crippen molar-refractivity contribution in [1.82, 2.24) is 10.2 Å². The fourth-order valence-corrected chi connectivity index (χ4v) is 2.87. The second-order valence-corrected chi connectivity index (χ2v) is 5.49. The van der Waals surface area contributed by atoms with Gasteiger partial charge in [-0.25, -0.2) is 4.79 Å². The normalized spacial score (nSPS) is 19.8. The van der Waals surface area contributed by atoms with Gasteiger partial charge in [0.1, 0.15) is 0 Å². The van der Waals surface area contributed by atoms with Gasteiger partial charge >= 0.3 is 5.97 Å². The Morgan fingerprint density at radius 1 is 1.40 bits per heavy atom. The number of rotatable bonds is 5. The van der Waals surface area contributed by atoms with Gasteiger partial charge in [-0.1, -0.05) is 12.1 Å². The number of hydrogen-bond donors (Lipinski definition) is 1. The minimum absolute atomic E-state index is 0.274. The summed E-state index contributed by atoms with van der Waals surface area (Å²) in [7, 11) is 3.43. The Labute approximate surface area is 121 Å². The van der Waals surface area contributed by atoms with Gasteiger partial charge in [-0.05, 0) is 56.6 Å². The number of esters is 1. The quantitative estimate of drug-likeness (QED) is 0.834.